The number of carbonyl (C=O) groups is 1. The van der Waals surface area contributed by atoms with Crippen molar-refractivity contribution in [2.24, 2.45) is 0 Å². The predicted octanol–water partition coefficient (Wildman–Crippen LogP) is 1.14. The first-order valence-electron chi connectivity index (χ1n) is 5.15. The second kappa shape index (κ2) is 6.10. The number of esters is 1. The van der Waals surface area contributed by atoms with Crippen LogP contribution in [0.5, 0.6) is 11.5 Å². The topological polar surface area (TPSA) is 56.8 Å². The van der Waals surface area contributed by atoms with Gasteiger partial charge in [-0.1, -0.05) is 0 Å². The van der Waals surface area contributed by atoms with E-state index in [1.54, 1.807) is 39.5 Å². The monoisotopic (exact) mass is 239 g/mol. The molecule has 1 rings (SSSR count). The number of benzene rings is 1. The van der Waals surface area contributed by atoms with Gasteiger partial charge in [-0.25, -0.2) is 4.79 Å². The summed E-state index contributed by atoms with van der Waals surface area (Å²) < 4.78 is 15.1. The summed E-state index contributed by atoms with van der Waals surface area (Å²) in [6, 6.07) is 4.69. The SMILES string of the molecule is CNC(C(=O)OC)c1cc(OC)ccc1OC. The molecule has 0 aliphatic carbocycles. The fourth-order valence-electron chi connectivity index (χ4n) is 1.58. The molecule has 1 atom stereocenters. The van der Waals surface area contributed by atoms with Gasteiger partial charge in [-0.15, -0.1) is 0 Å². The van der Waals surface area contributed by atoms with E-state index in [0.717, 1.165) is 0 Å². The molecule has 1 aromatic rings. The maximum atomic E-state index is 11.6. The zero-order valence-electron chi connectivity index (χ0n) is 10.4. The molecule has 0 aliphatic heterocycles. The van der Waals surface area contributed by atoms with Crippen molar-refractivity contribution in [3.8, 4) is 11.5 Å². The quantitative estimate of drug-likeness (QED) is 0.781. The second-order valence-electron chi connectivity index (χ2n) is 3.35. The third-order valence-electron chi connectivity index (χ3n) is 2.47. The Balaban J connectivity index is 3.19. The van der Waals surface area contributed by atoms with Crippen molar-refractivity contribution in [1.82, 2.24) is 5.32 Å². The second-order valence-corrected chi connectivity index (χ2v) is 3.35. The smallest absolute Gasteiger partial charge is 0.327 e. The van der Waals surface area contributed by atoms with Gasteiger partial charge >= 0.3 is 5.97 Å². The van der Waals surface area contributed by atoms with Crippen LogP contribution in [0.15, 0.2) is 18.2 Å². The normalized spacial score (nSPS) is 11.8. The summed E-state index contributed by atoms with van der Waals surface area (Å²) >= 11 is 0. The van der Waals surface area contributed by atoms with Crippen LogP contribution in [0.2, 0.25) is 0 Å². The summed E-state index contributed by atoms with van der Waals surface area (Å²) in [4.78, 5) is 11.6. The summed E-state index contributed by atoms with van der Waals surface area (Å²) in [5, 5.41) is 2.88. The molecule has 0 aromatic heterocycles. The molecule has 1 N–H and O–H groups in total. The van der Waals surface area contributed by atoms with E-state index in [9.17, 15) is 4.79 Å². The molecule has 17 heavy (non-hydrogen) atoms. The molecule has 5 heteroatoms. The fourth-order valence-corrected chi connectivity index (χ4v) is 1.58. The van der Waals surface area contributed by atoms with E-state index in [-0.39, 0.29) is 5.97 Å². The van der Waals surface area contributed by atoms with Crippen molar-refractivity contribution in [2.45, 2.75) is 6.04 Å². The van der Waals surface area contributed by atoms with Crippen molar-refractivity contribution in [1.29, 1.82) is 0 Å². The number of nitrogens with one attached hydrogen (secondary N) is 1. The van der Waals surface area contributed by atoms with Crippen LogP contribution in [-0.2, 0) is 9.53 Å². The summed E-state index contributed by atoms with van der Waals surface area (Å²) in [5.74, 6) is 0.888. The average molecular weight is 239 g/mol. The van der Waals surface area contributed by atoms with Crippen molar-refractivity contribution in [3.05, 3.63) is 23.8 Å². The Morgan fingerprint density at radius 1 is 1.24 bits per heavy atom. The Morgan fingerprint density at radius 2 is 1.94 bits per heavy atom. The van der Waals surface area contributed by atoms with E-state index in [1.807, 2.05) is 0 Å². The molecular formula is C12H17NO4. The first kappa shape index (κ1) is 13.3. The van der Waals surface area contributed by atoms with Crippen molar-refractivity contribution >= 4 is 5.97 Å². The number of methoxy groups -OCH3 is 3. The van der Waals surface area contributed by atoms with E-state index in [4.69, 9.17) is 14.2 Å². The van der Waals surface area contributed by atoms with Crippen LogP contribution in [0.4, 0.5) is 0 Å². The molecule has 94 valence electrons. The lowest BCUT2D eigenvalue weighted by molar-refractivity contribution is -0.143. The van der Waals surface area contributed by atoms with Gasteiger partial charge in [0.05, 0.1) is 21.3 Å². The molecule has 0 saturated carbocycles. The molecule has 0 heterocycles. The molecule has 0 saturated heterocycles. The largest absolute Gasteiger partial charge is 0.497 e. The van der Waals surface area contributed by atoms with Gasteiger partial charge in [0.25, 0.3) is 0 Å². The highest BCUT2D eigenvalue weighted by atomic mass is 16.5. The summed E-state index contributed by atoms with van der Waals surface area (Å²) in [6.07, 6.45) is 0. The van der Waals surface area contributed by atoms with Crippen molar-refractivity contribution in [2.75, 3.05) is 28.4 Å². The van der Waals surface area contributed by atoms with Crippen LogP contribution in [0, 0.1) is 0 Å². The van der Waals surface area contributed by atoms with Crippen LogP contribution >= 0.6 is 0 Å². The van der Waals surface area contributed by atoms with Crippen LogP contribution in [0.3, 0.4) is 0 Å². The Morgan fingerprint density at radius 3 is 2.41 bits per heavy atom. The van der Waals surface area contributed by atoms with Gasteiger partial charge in [0.15, 0.2) is 0 Å². The Kier molecular flexibility index (Phi) is 4.78. The maximum Gasteiger partial charge on any atom is 0.327 e. The summed E-state index contributed by atoms with van der Waals surface area (Å²) in [6.45, 7) is 0. The van der Waals surface area contributed by atoms with Gasteiger partial charge < -0.3 is 19.5 Å². The van der Waals surface area contributed by atoms with E-state index in [0.29, 0.717) is 17.1 Å². The molecule has 0 aliphatic rings. The zero-order chi connectivity index (χ0) is 12.8. The predicted molar refractivity (Wildman–Crippen MR) is 63.4 cm³/mol. The van der Waals surface area contributed by atoms with Crippen molar-refractivity contribution in [3.63, 3.8) is 0 Å². The van der Waals surface area contributed by atoms with Gasteiger partial charge in [-0.3, -0.25) is 0 Å². The standard InChI is InChI=1S/C12H17NO4/c1-13-11(12(14)17-4)9-7-8(15-2)5-6-10(9)16-3/h5-7,11,13H,1-4H3. The molecular weight excluding hydrogens is 222 g/mol. The fraction of sp³-hybridized carbons (Fsp3) is 0.417. The minimum absolute atomic E-state index is 0.376. The van der Waals surface area contributed by atoms with Crippen molar-refractivity contribution < 1.29 is 19.0 Å². The third kappa shape index (κ3) is 2.88. The maximum absolute atomic E-state index is 11.6. The summed E-state index contributed by atoms with van der Waals surface area (Å²) in [5.41, 5.74) is 0.682. The van der Waals surface area contributed by atoms with Crippen LogP contribution in [0.1, 0.15) is 11.6 Å². The van der Waals surface area contributed by atoms with E-state index in [1.165, 1.54) is 7.11 Å². The van der Waals surface area contributed by atoms with E-state index in [2.05, 4.69) is 5.32 Å². The molecule has 0 bridgehead atoms. The number of carbonyl (C=O) groups excluding carboxylic acids is 1. The van der Waals surface area contributed by atoms with Crippen LogP contribution < -0.4 is 14.8 Å². The molecule has 1 unspecified atom stereocenters. The van der Waals surface area contributed by atoms with Crippen LogP contribution in [-0.4, -0.2) is 34.3 Å². The molecule has 0 spiro atoms. The third-order valence-corrected chi connectivity index (χ3v) is 2.47. The first-order valence-corrected chi connectivity index (χ1v) is 5.15. The van der Waals surface area contributed by atoms with E-state index < -0.39 is 6.04 Å². The minimum atomic E-state index is -0.579. The first-order chi connectivity index (χ1) is 8.17. The molecule has 0 amide bonds. The molecule has 1 aromatic carbocycles. The molecule has 5 nitrogen and oxygen atoms in total. The highest BCUT2D eigenvalue weighted by molar-refractivity contribution is 5.78. The number of hydrogen-bond acceptors (Lipinski definition) is 5. The number of ether oxygens (including phenoxy) is 3. The highest BCUT2D eigenvalue weighted by Gasteiger charge is 2.23. The van der Waals surface area contributed by atoms with E-state index >= 15 is 0 Å². The van der Waals surface area contributed by atoms with Gasteiger partial charge in [0.2, 0.25) is 0 Å². The zero-order valence-corrected chi connectivity index (χ0v) is 10.4. The van der Waals surface area contributed by atoms with Crippen LogP contribution in [0.25, 0.3) is 0 Å². The van der Waals surface area contributed by atoms with Gasteiger partial charge in [-0.2, -0.15) is 0 Å². The summed E-state index contributed by atoms with van der Waals surface area (Å²) in [7, 11) is 6.15. The van der Waals surface area contributed by atoms with Gasteiger partial charge in [0.1, 0.15) is 17.5 Å². The molecule has 0 radical (unpaired) electrons. The lowest BCUT2D eigenvalue weighted by Crippen LogP contribution is -2.26. The van der Waals surface area contributed by atoms with Gasteiger partial charge in [-0.05, 0) is 25.2 Å². The number of rotatable bonds is 5. The number of hydrogen-bond donors (Lipinski definition) is 1. The minimum Gasteiger partial charge on any atom is -0.497 e. The highest BCUT2D eigenvalue weighted by Crippen LogP contribution is 2.29. The lowest BCUT2D eigenvalue weighted by Gasteiger charge is -2.17. The Hall–Kier alpha value is -1.75. The Bertz CT molecular complexity index is 392. The van der Waals surface area contributed by atoms with Gasteiger partial charge in [0, 0.05) is 5.56 Å². The average Bonchev–Trinajstić information content (AvgIpc) is 2.39. The molecule has 0 fully saturated rings. The lowest BCUT2D eigenvalue weighted by atomic mass is 10.1. The Labute approximate surface area is 101 Å². The number of likely N-dealkylation sites (N-methyl/N-ethyl adjacent to an activating group) is 1.